The summed E-state index contributed by atoms with van der Waals surface area (Å²) in [5, 5.41) is 9.69. The molecule has 0 bridgehead atoms. The fraction of sp³-hybridized carbons (Fsp3) is 0.545. The first kappa shape index (κ1) is 10.6. The van der Waals surface area contributed by atoms with E-state index in [9.17, 15) is 9.90 Å². The SMILES string of the molecule is COC(=O)c1ccc(C2(C(C)O)CC2)s1. The Morgan fingerprint density at radius 2 is 2.27 bits per heavy atom. The molecule has 4 heteroatoms. The summed E-state index contributed by atoms with van der Waals surface area (Å²) in [7, 11) is 1.38. The predicted octanol–water partition coefficient (Wildman–Crippen LogP) is 1.95. The number of rotatable bonds is 3. The molecule has 1 aliphatic carbocycles. The number of carbonyl (C=O) groups is 1. The molecule has 0 saturated heterocycles. The number of esters is 1. The molecule has 0 radical (unpaired) electrons. The zero-order chi connectivity index (χ0) is 11.1. The van der Waals surface area contributed by atoms with Crippen molar-refractivity contribution in [2.45, 2.75) is 31.3 Å². The van der Waals surface area contributed by atoms with Crippen molar-refractivity contribution in [1.29, 1.82) is 0 Å². The summed E-state index contributed by atoms with van der Waals surface area (Å²) in [6.07, 6.45) is 1.67. The van der Waals surface area contributed by atoms with Gasteiger partial charge in [0.1, 0.15) is 4.88 Å². The minimum absolute atomic E-state index is 0.0864. The van der Waals surface area contributed by atoms with Gasteiger partial charge in [0.25, 0.3) is 0 Å². The number of ether oxygens (including phenoxy) is 1. The van der Waals surface area contributed by atoms with E-state index in [-0.39, 0.29) is 17.5 Å². The second-order valence-corrected chi connectivity index (χ2v) is 5.07. The lowest BCUT2D eigenvalue weighted by atomic mass is 9.99. The minimum Gasteiger partial charge on any atom is -0.465 e. The van der Waals surface area contributed by atoms with E-state index in [0.717, 1.165) is 17.7 Å². The summed E-state index contributed by atoms with van der Waals surface area (Å²) in [6.45, 7) is 1.81. The lowest BCUT2D eigenvalue weighted by Crippen LogP contribution is -2.21. The van der Waals surface area contributed by atoms with Crippen LogP contribution >= 0.6 is 11.3 Å². The number of aliphatic hydroxyl groups excluding tert-OH is 1. The van der Waals surface area contributed by atoms with Gasteiger partial charge in [-0.3, -0.25) is 0 Å². The highest BCUT2D eigenvalue weighted by Crippen LogP contribution is 2.53. The molecule has 0 amide bonds. The summed E-state index contributed by atoms with van der Waals surface area (Å²) in [5.74, 6) is -0.298. The van der Waals surface area contributed by atoms with Crippen LogP contribution in [0.3, 0.4) is 0 Å². The number of hydrogen-bond donors (Lipinski definition) is 1. The van der Waals surface area contributed by atoms with E-state index in [1.807, 2.05) is 13.0 Å². The molecule has 2 rings (SSSR count). The van der Waals surface area contributed by atoms with Crippen molar-refractivity contribution >= 4 is 17.3 Å². The molecular formula is C11H14O3S. The van der Waals surface area contributed by atoms with Crippen LogP contribution < -0.4 is 0 Å². The smallest absolute Gasteiger partial charge is 0.348 e. The van der Waals surface area contributed by atoms with Gasteiger partial charge in [0.2, 0.25) is 0 Å². The van der Waals surface area contributed by atoms with E-state index in [1.165, 1.54) is 18.4 Å². The first-order valence-corrected chi connectivity index (χ1v) is 5.78. The van der Waals surface area contributed by atoms with Crippen LogP contribution in [0.2, 0.25) is 0 Å². The van der Waals surface area contributed by atoms with E-state index in [4.69, 9.17) is 0 Å². The summed E-state index contributed by atoms with van der Waals surface area (Å²) in [5.41, 5.74) is -0.0864. The van der Waals surface area contributed by atoms with Crippen molar-refractivity contribution in [3.63, 3.8) is 0 Å². The number of hydrogen-bond acceptors (Lipinski definition) is 4. The predicted molar refractivity (Wildman–Crippen MR) is 58.3 cm³/mol. The van der Waals surface area contributed by atoms with Gasteiger partial charge < -0.3 is 9.84 Å². The monoisotopic (exact) mass is 226 g/mol. The molecule has 1 aromatic rings. The molecule has 1 aromatic heterocycles. The third-order valence-corrected chi connectivity index (χ3v) is 4.36. The molecule has 15 heavy (non-hydrogen) atoms. The maximum absolute atomic E-state index is 11.3. The second-order valence-electron chi connectivity index (χ2n) is 3.99. The molecule has 0 aliphatic heterocycles. The van der Waals surface area contributed by atoms with Gasteiger partial charge in [-0.2, -0.15) is 0 Å². The van der Waals surface area contributed by atoms with Crippen LogP contribution in [0, 0.1) is 0 Å². The van der Waals surface area contributed by atoms with Gasteiger partial charge in [-0.1, -0.05) is 0 Å². The van der Waals surface area contributed by atoms with Gasteiger partial charge in [0.05, 0.1) is 13.2 Å². The molecule has 1 fully saturated rings. The highest BCUT2D eigenvalue weighted by atomic mass is 32.1. The quantitative estimate of drug-likeness (QED) is 0.801. The molecule has 0 spiro atoms. The minimum atomic E-state index is -0.346. The highest BCUT2D eigenvalue weighted by Gasteiger charge is 2.49. The zero-order valence-electron chi connectivity index (χ0n) is 8.82. The molecule has 0 aromatic carbocycles. The maximum Gasteiger partial charge on any atom is 0.348 e. The standard InChI is InChI=1S/C11H14O3S/c1-7(12)11(5-6-11)9-4-3-8(15-9)10(13)14-2/h3-4,7,12H,5-6H2,1-2H3. The molecule has 1 saturated carbocycles. The van der Waals surface area contributed by atoms with Gasteiger partial charge in [-0.15, -0.1) is 11.3 Å². The maximum atomic E-state index is 11.3. The highest BCUT2D eigenvalue weighted by molar-refractivity contribution is 7.14. The van der Waals surface area contributed by atoms with E-state index in [0.29, 0.717) is 4.88 Å². The number of aliphatic hydroxyl groups is 1. The summed E-state index contributed by atoms with van der Waals surface area (Å²) in [4.78, 5) is 13.0. The van der Waals surface area contributed by atoms with E-state index in [1.54, 1.807) is 6.07 Å². The van der Waals surface area contributed by atoms with Crippen molar-refractivity contribution in [3.8, 4) is 0 Å². The van der Waals surface area contributed by atoms with E-state index in [2.05, 4.69) is 4.74 Å². The summed E-state index contributed by atoms with van der Waals surface area (Å²) in [6, 6.07) is 3.70. The lowest BCUT2D eigenvalue weighted by molar-refractivity contribution is 0.0606. The topological polar surface area (TPSA) is 46.5 Å². The Labute approximate surface area is 92.7 Å². The van der Waals surface area contributed by atoms with Crippen LogP contribution in [0.15, 0.2) is 12.1 Å². The third kappa shape index (κ3) is 1.68. The number of thiophene rings is 1. The second kappa shape index (κ2) is 3.61. The number of carbonyl (C=O) groups excluding carboxylic acids is 1. The Morgan fingerprint density at radius 3 is 2.73 bits per heavy atom. The van der Waals surface area contributed by atoms with Crippen molar-refractivity contribution in [2.75, 3.05) is 7.11 Å². The van der Waals surface area contributed by atoms with E-state index < -0.39 is 0 Å². The molecule has 1 unspecified atom stereocenters. The van der Waals surface area contributed by atoms with E-state index >= 15 is 0 Å². The van der Waals surface area contributed by atoms with Crippen molar-refractivity contribution in [1.82, 2.24) is 0 Å². The fourth-order valence-corrected chi connectivity index (χ4v) is 3.07. The zero-order valence-corrected chi connectivity index (χ0v) is 9.63. The van der Waals surface area contributed by atoms with Gasteiger partial charge in [0.15, 0.2) is 0 Å². The molecule has 1 N–H and O–H groups in total. The average molecular weight is 226 g/mol. The Balaban J connectivity index is 2.24. The van der Waals surface area contributed by atoms with Crippen molar-refractivity contribution in [2.24, 2.45) is 0 Å². The van der Waals surface area contributed by atoms with Crippen LogP contribution in [0.1, 0.15) is 34.3 Å². The molecule has 1 aliphatic rings. The van der Waals surface area contributed by atoms with Crippen LogP contribution in [0.5, 0.6) is 0 Å². The normalized spacial score (nSPS) is 19.7. The van der Waals surface area contributed by atoms with Crippen molar-refractivity contribution in [3.05, 3.63) is 21.9 Å². The first-order chi connectivity index (χ1) is 7.10. The Hall–Kier alpha value is -0.870. The van der Waals surface area contributed by atoms with Crippen LogP contribution in [-0.2, 0) is 10.2 Å². The summed E-state index contributed by atoms with van der Waals surface area (Å²) >= 11 is 1.43. The van der Waals surface area contributed by atoms with Gasteiger partial charge in [0, 0.05) is 10.3 Å². The molecule has 82 valence electrons. The average Bonchev–Trinajstić information content (AvgIpc) is 2.90. The number of methoxy groups -OCH3 is 1. The third-order valence-electron chi connectivity index (χ3n) is 3.07. The molecule has 1 atom stereocenters. The van der Waals surface area contributed by atoms with Crippen LogP contribution in [0.25, 0.3) is 0 Å². The van der Waals surface area contributed by atoms with Gasteiger partial charge >= 0.3 is 5.97 Å². The molecule has 1 heterocycles. The van der Waals surface area contributed by atoms with Gasteiger partial charge in [-0.05, 0) is 31.9 Å². The fourth-order valence-electron chi connectivity index (χ4n) is 1.82. The summed E-state index contributed by atoms with van der Waals surface area (Å²) < 4.78 is 4.65. The van der Waals surface area contributed by atoms with Crippen molar-refractivity contribution < 1.29 is 14.6 Å². The first-order valence-electron chi connectivity index (χ1n) is 4.97. The Bertz CT molecular complexity index is 377. The lowest BCUT2D eigenvalue weighted by Gasteiger charge is -2.16. The Morgan fingerprint density at radius 1 is 1.60 bits per heavy atom. The molecule has 3 nitrogen and oxygen atoms in total. The Kier molecular flexibility index (Phi) is 2.56. The van der Waals surface area contributed by atoms with Gasteiger partial charge in [-0.25, -0.2) is 4.79 Å². The van der Waals surface area contributed by atoms with Crippen LogP contribution in [0.4, 0.5) is 0 Å². The van der Waals surface area contributed by atoms with Crippen LogP contribution in [-0.4, -0.2) is 24.3 Å². The molecular weight excluding hydrogens is 212 g/mol. The largest absolute Gasteiger partial charge is 0.465 e.